The summed E-state index contributed by atoms with van der Waals surface area (Å²) in [5, 5.41) is 0. The van der Waals surface area contributed by atoms with Gasteiger partial charge in [-0.2, -0.15) is 0 Å². The Labute approximate surface area is 310 Å². The molecule has 2 bridgehead atoms. The largest absolute Gasteiger partial charge is 0.459 e. The number of quaternary nitrogens is 1. The number of unbranched alkanes of at least 4 members (excludes halogenated alkanes) is 13. The number of thioether (sulfide) groups is 1. The fourth-order valence-corrected chi connectivity index (χ4v) is 10.7. The molecule has 3 aliphatic rings. The van der Waals surface area contributed by atoms with Crippen molar-refractivity contribution in [2.45, 2.75) is 184 Å². The summed E-state index contributed by atoms with van der Waals surface area (Å²) in [6.45, 7) is 7.23. The van der Waals surface area contributed by atoms with E-state index in [9.17, 15) is 0 Å². The molecule has 0 saturated carbocycles. The Morgan fingerprint density at radius 2 is 1.18 bits per heavy atom. The molecule has 4 nitrogen and oxygen atoms in total. The van der Waals surface area contributed by atoms with Crippen molar-refractivity contribution in [3.05, 3.63) is 71.8 Å². The van der Waals surface area contributed by atoms with Crippen molar-refractivity contribution in [3.8, 4) is 0 Å². The van der Waals surface area contributed by atoms with Crippen molar-refractivity contribution in [2.24, 2.45) is 0 Å². The minimum Gasteiger partial charge on any atom is -0.459 e. The second kappa shape index (κ2) is 21.0. The van der Waals surface area contributed by atoms with E-state index in [-0.39, 0.29) is 17.5 Å². The third-order valence-electron chi connectivity index (χ3n) is 12.3. The zero-order chi connectivity index (χ0) is 34.9. The molecule has 2 aromatic rings. The van der Waals surface area contributed by atoms with Crippen molar-refractivity contribution >= 4 is 17.7 Å². The average molecular weight is 705 g/mol. The second-order valence-corrected chi connectivity index (χ2v) is 17.1. The van der Waals surface area contributed by atoms with Crippen LogP contribution in [-0.4, -0.2) is 52.9 Å². The highest BCUT2D eigenvalue weighted by atomic mass is 32.2. The Morgan fingerprint density at radius 3 is 1.70 bits per heavy atom. The molecule has 0 N–H and O–H groups in total. The number of ether oxygens (including phenoxy) is 2. The van der Waals surface area contributed by atoms with E-state index in [0.717, 1.165) is 42.6 Å². The van der Waals surface area contributed by atoms with Gasteiger partial charge in [0.25, 0.3) is 0 Å². The van der Waals surface area contributed by atoms with Crippen molar-refractivity contribution in [2.75, 3.05) is 18.8 Å². The monoisotopic (exact) mass is 705 g/mol. The number of nitrogens with zero attached hydrogens (tertiary/aromatic N) is 1. The molecule has 5 heteroatoms. The first-order chi connectivity index (χ1) is 24.6. The number of carbonyl (C=O) groups is 1. The summed E-state index contributed by atoms with van der Waals surface area (Å²) in [7, 11) is 0. The van der Waals surface area contributed by atoms with Gasteiger partial charge in [0, 0.05) is 38.5 Å². The number of piperidine rings is 1. The van der Waals surface area contributed by atoms with Crippen molar-refractivity contribution < 1.29 is 18.8 Å². The molecule has 2 aromatic carbocycles. The van der Waals surface area contributed by atoms with Crippen molar-refractivity contribution in [3.63, 3.8) is 0 Å². The van der Waals surface area contributed by atoms with Crippen LogP contribution < -0.4 is 0 Å². The molecule has 5 rings (SSSR count). The van der Waals surface area contributed by atoms with Gasteiger partial charge in [-0.25, -0.2) is 4.79 Å². The lowest BCUT2D eigenvalue weighted by Crippen LogP contribution is -2.60. The lowest BCUT2D eigenvalue weighted by atomic mass is 9.85. The molecule has 0 amide bonds. The number of hydrogen-bond acceptors (Lipinski definition) is 4. The Morgan fingerprint density at radius 1 is 0.700 bits per heavy atom. The third kappa shape index (κ3) is 10.4. The second-order valence-electron chi connectivity index (χ2n) is 15.9. The summed E-state index contributed by atoms with van der Waals surface area (Å²) < 4.78 is 15.4. The van der Waals surface area contributed by atoms with Gasteiger partial charge in [-0.1, -0.05) is 158 Å². The summed E-state index contributed by atoms with van der Waals surface area (Å²) in [5.74, 6) is 0.850. The molecule has 3 atom stereocenters. The molecule has 0 aliphatic carbocycles. The molecule has 3 aliphatic heterocycles. The Kier molecular flexibility index (Phi) is 16.6. The summed E-state index contributed by atoms with van der Waals surface area (Å²) in [6.07, 6.45) is 27.7. The molecule has 1 spiro atoms. The van der Waals surface area contributed by atoms with Crippen LogP contribution in [0, 0.1) is 0 Å². The minimum atomic E-state index is -1.29. The first-order valence-electron chi connectivity index (χ1n) is 21.1. The van der Waals surface area contributed by atoms with Gasteiger partial charge < -0.3 is 14.0 Å². The fourth-order valence-electron chi connectivity index (χ4n) is 9.57. The predicted octanol–water partition coefficient (Wildman–Crippen LogP) is 12.1. The third-order valence-corrected chi connectivity index (χ3v) is 13.6. The van der Waals surface area contributed by atoms with E-state index in [1.54, 1.807) is 0 Å². The smallest absolute Gasteiger partial charge is 0.348 e. The molecule has 3 fully saturated rings. The highest BCUT2D eigenvalue weighted by molar-refractivity contribution is 7.99. The van der Waals surface area contributed by atoms with Crippen LogP contribution in [-0.2, 0) is 19.9 Å². The standard InChI is InChI=1S/C45H70NO3S/c1-3-5-7-9-11-13-15-25-35-50-43(30-22-14-12-10-8-6-4-2)49-45(38-26-18-16-19-27-38,39-28-20-17-21-29-39)44(47)48-42-36-40-31-32-41(37-42)46(40)33-23-24-34-46/h16-21,26-29,40-43H,3-15,22-25,30-37H2,1-2H3/q+1. The Bertz CT molecular complexity index is 1160. The van der Waals surface area contributed by atoms with Crippen LogP contribution in [0.5, 0.6) is 0 Å². The molecule has 3 heterocycles. The van der Waals surface area contributed by atoms with Gasteiger partial charge in [0.2, 0.25) is 5.60 Å². The van der Waals surface area contributed by atoms with Gasteiger partial charge in [-0.05, 0) is 36.1 Å². The van der Waals surface area contributed by atoms with E-state index in [1.807, 2.05) is 48.2 Å². The lowest BCUT2D eigenvalue weighted by Gasteiger charge is -2.47. The molecule has 0 aromatic heterocycles. The van der Waals surface area contributed by atoms with Crippen LogP contribution in [0.2, 0.25) is 0 Å². The normalized spacial score (nSPS) is 21.8. The van der Waals surface area contributed by atoms with Crippen LogP contribution >= 0.6 is 11.8 Å². The molecular formula is C45H70NO3S+. The molecule has 0 radical (unpaired) electrons. The van der Waals surface area contributed by atoms with E-state index >= 15 is 4.79 Å². The maximum Gasteiger partial charge on any atom is 0.348 e. The molecule has 278 valence electrons. The van der Waals surface area contributed by atoms with Gasteiger partial charge in [-0.15, -0.1) is 11.8 Å². The van der Waals surface area contributed by atoms with Gasteiger partial charge >= 0.3 is 5.97 Å². The number of hydrogen-bond donors (Lipinski definition) is 0. The molecular weight excluding hydrogens is 635 g/mol. The zero-order valence-corrected chi connectivity index (χ0v) is 32.7. The summed E-state index contributed by atoms with van der Waals surface area (Å²) >= 11 is 1.94. The van der Waals surface area contributed by atoms with E-state index in [0.29, 0.717) is 12.1 Å². The number of benzene rings is 2. The quantitative estimate of drug-likeness (QED) is 0.0472. The van der Waals surface area contributed by atoms with Gasteiger partial charge in [0.1, 0.15) is 11.5 Å². The lowest BCUT2D eigenvalue weighted by molar-refractivity contribution is -0.956. The molecule has 3 unspecified atom stereocenters. The highest BCUT2D eigenvalue weighted by Gasteiger charge is 2.57. The van der Waals surface area contributed by atoms with Crippen molar-refractivity contribution in [1.82, 2.24) is 0 Å². The first-order valence-corrected chi connectivity index (χ1v) is 22.1. The zero-order valence-electron chi connectivity index (χ0n) is 31.8. The first kappa shape index (κ1) is 39.4. The number of esters is 1. The van der Waals surface area contributed by atoms with E-state index in [4.69, 9.17) is 9.47 Å². The molecule has 50 heavy (non-hydrogen) atoms. The maximum absolute atomic E-state index is 15.1. The topological polar surface area (TPSA) is 35.5 Å². The Hall–Kier alpha value is -1.82. The van der Waals surface area contributed by atoms with Crippen LogP contribution in [0.25, 0.3) is 0 Å². The van der Waals surface area contributed by atoms with Gasteiger partial charge in [0.05, 0.1) is 25.2 Å². The molecule has 3 saturated heterocycles. The highest BCUT2D eigenvalue weighted by Crippen LogP contribution is 2.47. The van der Waals surface area contributed by atoms with Crippen LogP contribution in [0.15, 0.2) is 60.7 Å². The summed E-state index contributed by atoms with van der Waals surface area (Å²) in [6, 6.07) is 21.9. The fraction of sp³-hybridized carbons (Fsp3) is 0.711. The average Bonchev–Trinajstić information content (AvgIpc) is 3.69. The van der Waals surface area contributed by atoms with Crippen molar-refractivity contribution in [1.29, 1.82) is 0 Å². The predicted molar refractivity (Wildman–Crippen MR) is 211 cm³/mol. The van der Waals surface area contributed by atoms with Gasteiger partial charge in [0.15, 0.2) is 0 Å². The summed E-state index contributed by atoms with van der Waals surface area (Å²) in [4.78, 5) is 15.1. The SMILES string of the molecule is CCCCCCCCCCSC(CCCCCCCCC)OC(C(=O)OC1CC2CCC(C1)[N+]21CCCC1)(c1ccccc1)c1ccccc1. The van der Waals surface area contributed by atoms with Crippen LogP contribution in [0.4, 0.5) is 0 Å². The van der Waals surface area contributed by atoms with E-state index < -0.39 is 5.60 Å². The van der Waals surface area contributed by atoms with Gasteiger partial charge in [-0.3, -0.25) is 0 Å². The van der Waals surface area contributed by atoms with E-state index in [1.165, 1.54) is 133 Å². The Balaban J connectivity index is 1.33. The maximum atomic E-state index is 15.1. The van der Waals surface area contributed by atoms with E-state index in [2.05, 4.69) is 38.1 Å². The van der Waals surface area contributed by atoms with Crippen LogP contribution in [0.1, 0.15) is 166 Å². The number of carbonyl (C=O) groups excluding carboxylic acids is 1. The number of rotatable bonds is 24. The summed E-state index contributed by atoms with van der Waals surface area (Å²) in [5.41, 5.74) is 0.395. The van der Waals surface area contributed by atoms with Crippen LogP contribution in [0.3, 0.4) is 0 Å². The minimum absolute atomic E-state index is 0.0358.